The number of H-pyrrole nitrogens is 2. The summed E-state index contributed by atoms with van der Waals surface area (Å²) >= 11 is 1.40. The summed E-state index contributed by atoms with van der Waals surface area (Å²) in [5, 5.41) is 9.27. The molecule has 0 saturated heterocycles. The molecule has 0 bridgehead atoms. The van der Waals surface area contributed by atoms with Crippen molar-refractivity contribution in [2.24, 2.45) is 0 Å². The molecule has 90 valence electrons. The summed E-state index contributed by atoms with van der Waals surface area (Å²) in [6.07, 6.45) is 1.47. The molecule has 1 aromatic heterocycles. The van der Waals surface area contributed by atoms with E-state index in [2.05, 4.69) is 9.97 Å². The Morgan fingerprint density at radius 2 is 1.89 bits per heavy atom. The molecule has 6 heteroatoms. The summed E-state index contributed by atoms with van der Waals surface area (Å²) in [6.45, 7) is 0. The van der Waals surface area contributed by atoms with Crippen LogP contribution in [0.5, 0.6) is 0 Å². The number of nitrogens with one attached hydrogen (secondary N) is 2. The molecular formula is C12H9N3O2S. The van der Waals surface area contributed by atoms with E-state index in [4.69, 9.17) is 5.26 Å². The number of thioether (sulfide) groups is 1. The van der Waals surface area contributed by atoms with Crippen molar-refractivity contribution in [2.75, 3.05) is 0 Å². The highest BCUT2D eigenvalue weighted by Gasteiger charge is 2.00. The number of nitriles is 1. The number of nitrogens with zero attached hydrogens (tertiary/aromatic N) is 1. The van der Waals surface area contributed by atoms with E-state index in [0.29, 0.717) is 16.3 Å². The lowest BCUT2D eigenvalue weighted by Gasteiger charge is -2.01. The van der Waals surface area contributed by atoms with Gasteiger partial charge in [0.05, 0.1) is 16.7 Å². The van der Waals surface area contributed by atoms with Crippen molar-refractivity contribution in [2.45, 2.75) is 10.8 Å². The average molecular weight is 259 g/mol. The summed E-state index contributed by atoms with van der Waals surface area (Å²) < 4.78 is 0. The fraction of sp³-hybridized carbons (Fsp3) is 0.0833. The summed E-state index contributed by atoms with van der Waals surface area (Å²) in [5.74, 6) is 0.647. The van der Waals surface area contributed by atoms with Crippen LogP contribution < -0.4 is 11.1 Å². The first-order valence-electron chi connectivity index (χ1n) is 5.13. The third kappa shape index (κ3) is 2.90. The Kier molecular flexibility index (Phi) is 3.65. The third-order valence-electron chi connectivity index (χ3n) is 2.25. The van der Waals surface area contributed by atoms with E-state index in [1.165, 1.54) is 18.0 Å². The molecule has 0 saturated carbocycles. The van der Waals surface area contributed by atoms with E-state index in [9.17, 15) is 9.59 Å². The van der Waals surface area contributed by atoms with Gasteiger partial charge in [-0.1, -0.05) is 12.1 Å². The molecule has 0 spiro atoms. The van der Waals surface area contributed by atoms with Crippen LogP contribution in [0, 0.1) is 11.3 Å². The number of aromatic amines is 2. The van der Waals surface area contributed by atoms with Crippen LogP contribution in [-0.4, -0.2) is 9.97 Å². The lowest BCUT2D eigenvalue weighted by atomic mass is 10.2. The third-order valence-corrected chi connectivity index (χ3v) is 3.26. The standard InChI is InChI=1S/C12H9N3O2S/c13-5-8-1-3-9(4-2-8)7-18-10-6-14-11(16)12(17)15-10/h1-4,6H,7H2,(H,14,16)(H,15,17). The van der Waals surface area contributed by atoms with Gasteiger partial charge in [0.2, 0.25) is 0 Å². The van der Waals surface area contributed by atoms with Crippen molar-refractivity contribution < 1.29 is 0 Å². The van der Waals surface area contributed by atoms with Gasteiger partial charge in [0.25, 0.3) is 0 Å². The van der Waals surface area contributed by atoms with Crippen LogP contribution >= 0.6 is 11.8 Å². The van der Waals surface area contributed by atoms with E-state index >= 15 is 0 Å². The molecule has 18 heavy (non-hydrogen) atoms. The Balaban J connectivity index is 2.07. The zero-order chi connectivity index (χ0) is 13.0. The lowest BCUT2D eigenvalue weighted by molar-refractivity contribution is 0.971. The van der Waals surface area contributed by atoms with E-state index in [1.807, 2.05) is 18.2 Å². The summed E-state index contributed by atoms with van der Waals surface area (Å²) in [4.78, 5) is 26.8. The Bertz CT molecular complexity index is 695. The van der Waals surface area contributed by atoms with Gasteiger partial charge < -0.3 is 9.97 Å². The second-order valence-electron chi connectivity index (χ2n) is 3.53. The lowest BCUT2D eigenvalue weighted by Crippen LogP contribution is -2.28. The molecule has 2 rings (SSSR count). The quantitative estimate of drug-likeness (QED) is 0.640. The molecule has 0 unspecified atom stereocenters. The second kappa shape index (κ2) is 5.38. The number of hydrogen-bond acceptors (Lipinski definition) is 4. The van der Waals surface area contributed by atoms with Crippen molar-refractivity contribution in [1.29, 1.82) is 5.26 Å². The minimum absolute atomic E-state index is 0.601. The molecule has 0 aliphatic carbocycles. The molecule has 2 N–H and O–H groups in total. The first kappa shape index (κ1) is 12.2. The van der Waals surface area contributed by atoms with Crippen molar-refractivity contribution in [1.82, 2.24) is 9.97 Å². The highest BCUT2D eigenvalue weighted by Crippen LogP contribution is 2.18. The van der Waals surface area contributed by atoms with Crippen LogP contribution in [0.3, 0.4) is 0 Å². The minimum atomic E-state index is -0.655. The van der Waals surface area contributed by atoms with Gasteiger partial charge in [0, 0.05) is 11.9 Å². The van der Waals surface area contributed by atoms with Gasteiger partial charge in [0.1, 0.15) is 0 Å². The Morgan fingerprint density at radius 3 is 2.50 bits per heavy atom. The Morgan fingerprint density at radius 1 is 1.17 bits per heavy atom. The average Bonchev–Trinajstić information content (AvgIpc) is 2.41. The predicted octanol–water partition coefficient (Wildman–Crippen LogP) is 1.23. The van der Waals surface area contributed by atoms with Crippen LogP contribution in [0.15, 0.2) is 45.1 Å². The molecule has 5 nitrogen and oxygen atoms in total. The molecule has 0 radical (unpaired) electrons. The van der Waals surface area contributed by atoms with E-state index in [-0.39, 0.29) is 0 Å². The molecule has 1 aromatic carbocycles. The molecule has 2 aromatic rings. The molecule has 0 aliphatic rings. The van der Waals surface area contributed by atoms with Crippen LogP contribution in [0.25, 0.3) is 0 Å². The van der Waals surface area contributed by atoms with Crippen LogP contribution in [0.2, 0.25) is 0 Å². The van der Waals surface area contributed by atoms with Gasteiger partial charge in [-0.2, -0.15) is 5.26 Å². The van der Waals surface area contributed by atoms with Crippen LogP contribution in [0.4, 0.5) is 0 Å². The Labute approximate surface area is 106 Å². The first-order chi connectivity index (χ1) is 8.69. The summed E-state index contributed by atoms with van der Waals surface area (Å²) in [5.41, 5.74) is 0.338. The molecular weight excluding hydrogens is 250 g/mol. The number of aromatic nitrogens is 2. The molecule has 1 heterocycles. The van der Waals surface area contributed by atoms with Crippen LogP contribution in [-0.2, 0) is 5.75 Å². The molecule has 0 aliphatic heterocycles. The van der Waals surface area contributed by atoms with Crippen LogP contribution in [0.1, 0.15) is 11.1 Å². The van der Waals surface area contributed by atoms with Crippen molar-refractivity contribution in [3.63, 3.8) is 0 Å². The number of benzene rings is 1. The van der Waals surface area contributed by atoms with Gasteiger partial charge in [-0.25, -0.2) is 0 Å². The molecule has 0 atom stereocenters. The normalized spacial score (nSPS) is 9.94. The topological polar surface area (TPSA) is 89.5 Å². The smallest absolute Gasteiger partial charge is 0.314 e. The summed E-state index contributed by atoms with van der Waals surface area (Å²) in [7, 11) is 0. The first-order valence-corrected chi connectivity index (χ1v) is 6.11. The highest BCUT2D eigenvalue weighted by molar-refractivity contribution is 7.98. The van der Waals surface area contributed by atoms with Crippen molar-refractivity contribution >= 4 is 11.8 Å². The largest absolute Gasteiger partial charge is 0.322 e. The van der Waals surface area contributed by atoms with E-state index in [1.54, 1.807) is 12.1 Å². The molecule has 0 amide bonds. The number of hydrogen-bond donors (Lipinski definition) is 2. The molecule has 0 fully saturated rings. The zero-order valence-corrected chi connectivity index (χ0v) is 10.1. The monoisotopic (exact) mass is 259 g/mol. The van der Waals surface area contributed by atoms with Gasteiger partial charge in [0.15, 0.2) is 0 Å². The maximum absolute atomic E-state index is 11.1. The van der Waals surface area contributed by atoms with Gasteiger partial charge in [-0.05, 0) is 17.7 Å². The van der Waals surface area contributed by atoms with Gasteiger partial charge >= 0.3 is 11.1 Å². The van der Waals surface area contributed by atoms with E-state index < -0.39 is 11.1 Å². The maximum atomic E-state index is 11.1. The van der Waals surface area contributed by atoms with Crippen molar-refractivity contribution in [3.05, 3.63) is 62.3 Å². The fourth-order valence-corrected chi connectivity index (χ4v) is 2.14. The Hall–Kier alpha value is -2.26. The van der Waals surface area contributed by atoms with Gasteiger partial charge in [-0.15, -0.1) is 11.8 Å². The van der Waals surface area contributed by atoms with Gasteiger partial charge in [-0.3, -0.25) is 9.59 Å². The zero-order valence-electron chi connectivity index (χ0n) is 9.27. The fourth-order valence-electron chi connectivity index (χ4n) is 1.32. The second-order valence-corrected chi connectivity index (χ2v) is 4.55. The van der Waals surface area contributed by atoms with E-state index in [0.717, 1.165) is 5.56 Å². The maximum Gasteiger partial charge on any atom is 0.314 e. The SMILES string of the molecule is N#Cc1ccc(CSc2c[nH]c(=O)c(=O)[nH]2)cc1. The van der Waals surface area contributed by atoms with Crippen molar-refractivity contribution in [3.8, 4) is 6.07 Å². The highest BCUT2D eigenvalue weighted by atomic mass is 32.2. The number of rotatable bonds is 3. The minimum Gasteiger partial charge on any atom is -0.322 e. The predicted molar refractivity (Wildman–Crippen MR) is 68.4 cm³/mol. The summed E-state index contributed by atoms with van der Waals surface area (Å²) in [6, 6.07) is 9.24.